The van der Waals surface area contributed by atoms with E-state index >= 15 is 0 Å². The van der Waals surface area contributed by atoms with E-state index in [1.54, 1.807) is 13.8 Å². The third kappa shape index (κ3) is 6.87. The molecule has 0 bridgehead atoms. The molecule has 4 rings (SSSR count). The second-order valence-corrected chi connectivity index (χ2v) is 14.3. The lowest BCUT2D eigenvalue weighted by molar-refractivity contribution is 0.0387. The Kier molecular flexibility index (Phi) is 9.48. The van der Waals surface area contributed by atoms with Gasteiger partial charge in [0.25, 0.3) is 15.9 Å². The van der Waals surface area contributed by atoms with Gasteiger partial charge in [0.15, 0.2) is 0 Å². The lowest BCUT2D eigenvalue weighted by Crippen LogP contribution is -2.50. The van der Waals surface area contributed by atoms with E-state index in [4.69, 9.17) is 16.3 Å². The van der Waals surface area contributed by atoms with E-state index in [1.807, 2.05) is 0 Å². The van der Waals surface area contributed by atoms with Crippen molar-refractivity contribution in [2.75, 3.05) is 31.5 Å². The minimum absolute atomic E-state index is 0.0314. The largest absolute Gasteiger partial charge is 0.488 e. The predicted octanol–water partition coefficient (Wildman–Crippen LogP) is 3.82. The smallest absolute Gasteiger partial charge is 0.261 e. The van der Waals surface area contributed by atoms with Crippen molar-refractivity contribution in [1.82, 2.24) is 9.21 Å². The molecule has 0 spiro atoms. The summed E-state index contributed by atoms with van der Waals surface area (Å²) in [7, 11) is -6.64. The number of hydrogen-bond acceptors (Lipinski definition) is 7. The number of anilines is 1. The number of amides is 1. The summed E-state index contributed by atoms with van der Waals surface area (Å²) in [6.45, 7) is 3.14. The van der Waals surface area contributed by atoms with Crippen LogP contribution in [0.25, 0.3) is 0 Å². The zero-order chi connectivity index (χ0) is 30.8. The van der Waals surface area contributed by atoms with Gasteiger partial charge in [0.2, 0.25) is 10.0 Å². The zero-order valence-electron chi connectivity index (χ0n) is 23.1. The number of carbonyl (C=O) groups excluding carboxylic acids is 1. The normalized spacial score (nSPS) is 18.5. The number of aliphatic hydroxyl groups is 1. The van der Waals surface area contributed by atoms with Crippen molar-refractivity contribution < 1.29 is 35.9 Å². The van der Waals surface area contributed by atoms with Gasteiger partial charge in [0, 0.05) is 30.2 Å². The van der Waals surface area contributed by atoms with Gasteiger partial charge in [0.05, 0.1) is 34.5 Å². The van der Waals surface area contributed by atoms with Crippen LogP contribution in [0, 0.1) is 11.7 Å². The van der Waals surface area contributed by atoms with Crippen LogP contribution < -0.4 is 9.46 Å². The highest BCUT2D eigenvalue weighted by molar-refractivity contribution is 7.92. The Morgan fingerprint density at radius 2 is 1.69 bits per heavy atom. The summed E-state index contributed by atoms with van der Waals surface area (Å²) in [5.74, 6) is -1.32. The zero-order valence-corrected chi connectivity index (χ0v) is 25.5. The minimum Gasteiger partial charge on any atom is -0.488 e. The Morgan fingerprint density at radius 1 is 1.07 bits per heavy atom. The molecule has 1 aliphatic rings. The molecular weight excluding hydrogens is 609 g/mol. The number of nitrogens with one attached hydrogen (secondary N) is 1. The van der Waals surface area contributed by atoms with Crippen LogP contribution in [0.4, 0.5) is 10.1 Å². The molecule has 0 saturated heterocycles. The molecule has 3 aromatic carbocycles. The Hall–Kier alpha value is -3.23. The predicted molar refractivity (Wildman–Crippen MR) is 156 cm³/mol. The van der Waals surface area contributed by atoms with Gasteiger partial charge in [-0.05, 0) is 73.7 Å². The van der Waals surface area contributed by atoms with Gasteiger partial charge < -0.3 is 14.7 Å². The SMILES string of the molecule is C[C@H]1CN([C@@H](C)CO)C(=O)c2cc(NS(=O)(=O)c3ccc(Cl)cc3)ccc2O[C@H]1CN(C)S(=O)(=O)c1ccc(F)cc1. The number of halogens is 2. The Morgan fingerprint density at radius 3 is 2.31 bits per heavy atom. The molecule has 3 aromatic rings. The summed E-state index contributed by atoms with van der Waals surface area (Å²) < 4.78 is 75.4. The van der Waals surface area contributed by atoms with E-state index < -0.39 is 43.9 Å². The van der Waals surface area contributed by atoms with Crippen molar-refractivity contribution in [3.05, 3.63) is 83.1 Å². The van der Waals surface area contributed by atoms with Crippen LogP contribution in [0.15, 0.2) is 76.5 Å². The monoisotopic (exact) mass is 639 g/mol. The Balaban J connectivity index is 1.68. The number of likely N-dealkylation sites (N-methyl/N-ethyl adjacent to an activating group) is 1. The van der Waals surface area contributed by atoms with Gasteiger partial charge in [-0.3, -0.25) is 9.52 Å². The highest BCUT2D eigenvalue weighted by atomic mass is 35.5. The lowest BCUT2D eigenvalue weighted by atomic mass is 9.99. The van der Waals surface area contributed by atoms with Crippen molar-refractivity contribution in [2.24, 2.45) is 5.92 Å². The second kappa shape index (κ2) is 12.6. The maximum absolute atomic E-state index is 13.7. The third-order valence-electron chi connectivity index (χ3n) is 7.00. The number of hydrogen-bond donors (Lipinski definition) is 2. The molecule has 0 aromatic heterocycles. The molecule has 0 radical (unpaired) electrons. The number of sulfonamides is 2. The number of fused-ring (bicyclic) bond motifs is 1. The van der Waals surface area contributed by atoms with E-state index in [0.29, 0.717) is 5.02 Å². The van der Waals surface area contributed by atoms with Gasteiger partial charge in [-0.1, -0.05) is 18.5 Å². The van der Waals surface area contributed by atoms with Crippen LogP contribution in [0.3, 0.4) is 0 Å². The number of benzene rings is 3. The Bertz CT molecular complexity index is 1650. The van der Waals surface area contributed by atoms with E-state index in [0.717, 1.165) is 16.4 Å². The quantitative estimate of drug-likeness (QED) is 0.364. The van der Waals surface area contributed by atoms with Crippen LogP contribution in [-0.4, -0.2) is 75.9 Å². The average molecular weight is 640 g/mol. The maximum Gasteiger partial charge on any atom is 0.261 e. The molecule has 1 amide bonds. The number of carbonyl (C=O) groups is 1. The van der Waals surface area contributed by atoms with Crippen molar-refractivity contribution in [3.8, 4) is 5.75 Å². The minimum atomic E-state index is -4.02. The van der Waals surface area contributed by atoms with Crippen LogP contribution in [-0.2, 0) is 20.0 Å². The van der Waals surface area contributed by atoms with Gasteiger partial charge in [-0.2, -0.15) is 4.31 Å². The third-order valence-corrected chi connectivity index (χ3v) is 10.5. The fraction of sp³-hybridized carbons (Fsp3) is 0.321. The maximum atomic E-state index is 13.7. The molecule has 42 heavy (non-hydrogen) atoms. The first-order valence-corrected chi connectivity index (χ1v) is 16.3. The molecule has 3 atom stereocenters. The number of ether oxygens (including phenoxy) is 1. The van der Waals surface area contributed by atoms with Crippen molar-refractivity contribution in [2.45, 2.75) is 35.8 Å². The van der Waals surface area contributed by atoms with Crippen LogP contribution in [0.5, 0.6) is 5.75 Å². The molecule has 0 aliphatic carbocycles. The van der Waals surface area contributed by atoms with Crippen molar-refractivity contribution >= 4 is 43.2 Å². The first-order chi connectivity index (χ1) is 19.7. The first kappa shape index (κ1) is 31.7. The highest BCUT2D eigenvalue weighted by Crippen LogP contribution is 2.32. The summed E-state index contributed by atoms with van der Waals surface area (Å²) in [4.78, 5) is 15.0. The summed E-state index contributed by atoms with van der Waals surface area (Å²) in [6, 6.07) is 13.7. The fourth-order valence-corrected chi connectivity index (χ4v) is 6.83. The van der Waals surface area contributed by atoms with Gasteiger partial charge in [-0.25, -0.2) is 21.2 Å². The second-order valence-electron chi connectivity index (χ2n) is 10.1. The number of aliphatic hydroxyl groups excluding tert-OH is 1. The molecule has 2 N–H and O–H groups in total. The molecule has 226 valence electrons. The van der Waals surface area contributed by atoms with Gasteiger partial charge >= 0.3 is 0 Å². The van der Waals surface area contributed by atoms with Crippen LogP contribution >= 0.6 is 11.6 Å². The number of rotatable bonds is 9. The molecular formula is C28H31ClFN3O7S2. The fourth-order valence-electron chi connectivity index (χ4n) is 4.47. The van der Waals surface area contributed by atoms with Crippen molar-refractivity contribution in [1.29, 1.82) is 0 Å². The van der Waals surface area contributed by atoms with Crippen molar-refractivity contribution in [3.63, 3.8) is 0 Å². The van der Waals surface area contributed by atoms with E-state index in [-0.39, 0.29) is 52.4 Å². The van der Waals surface area contributed by atoms with Gasteiger partial charge in [-0.15, -0.1) is 0 Å². The molecule has 10 nitrogen and oxygen atoms in total. The summed E-state index contributed by atoms with van der Waals surface area (Å²) in [5.41, 5.74) is 0.131. The summed E-state index contributed by atoms with van der Waals surface area (Å²) in [6.07, 6.45) is -0.748. The standard InChI is InChI=1S/C28H31ClFN3O7S2/c1-18-15-33(19(2)17-34)28(35)25-14-22(31-41(36,37)23-9-4-20(29)5-10-23)8-13-26(25)40-27(18)16-32(3)42(38,39)24-11-6-21(30)7-12-24/h4-14,18-19,27,31,34H,15-17H2,1-3H3/t18-,19-,27-/m0/s1. The van der Waals surface area contributed by atoms with Gasteiger partial charge in [0.1, 0.15) is 17.7 Å². The molecule has 0 fully saturated rings. The molecule has 1 aliphatic heterocycles. The van der Waals surface area contributed by atoms with Crippen LogP contribution in [0.1, 0.15) is 24.2 Å². The first-order valence-electron chi connectivity index (χ1n) is 13.0. The summed E-state index contributed by atoms with van der Waals surface area (Å²) >= 11 is 5.87. The molecule has 14 heteroatoms. The topological polar surface area (TPSA) is 133 Å². The molecule has 0 saturated carbocycles. The average Bonchev–Trinajstić information content (AvgIpc) is 2.95. The van der Waals surface area contributed by atoms with E-state index in [2.05, 4.69) is 4.72 Å². The summed E-state index contributed by atoms with van der Waals surface area (Å²) in [5, 5.41) is 10.2. The molecule has 0 unspecified atom stereocenters. The highest BCUT2D eigenvalue weighted by Gasteiger charge is 2.35. The number of nitrogens with zero attached hydrogens (tertiary/aromatic N) is 2. The molecule has 1 heterocycles. The Labute approximate surface area is 249 Å². The lowest BCUT2D eigenvalue weighted by Gasteiger charge is -2.38. The van der Waals surface area contributed by atoms with Crippen LogP contribution in [0.2, 0.25) is 5.02 Å². The van der Waals surface area contributed by atoms with E-state index in [9.17, 15) is 31.1 Å². The van der Waals surface area contributed by atoms with E-state index in [1.165, 1.54) is 66.5 Å².